The van der Waals surface area contributed by atoms with E-state index in [1.807, 2.05) is 17.8 Å². The molecule has 0 amide bonds. The van der Waals surface area contributed by atoms with Gasteiger partial charge < -0.3 is 16.2 Å². The van der Waals surface area contributed by atoms with Crippen LogP contribution in [0.15, 0.2) is 21.1 Å². The molecule has 0 aliphatic heterocycles. The highest BCUT2D eigenvalue weighted by Gasteiger charge is 2.21. The van der Waals surface area contributed by atoms with E-state index in [4.69, 9.17) is 10.8 Å². The van der Waals surface area contributed by atoms with E-state index in [1.165, 1.54) is 25.7 Å². The molecule has 0 bridgehead atoms. The van der Waals surface area contributed by atoms with E-state index >= 15 is 0 Å². The summed E-state index contributed by atoms with van der Waals surface area (Å²) in [6, 6.07) is 4.66. The van der Waals surface area contributed by atoms with Crippen LogP contribution in [0.1, 0.15) is 37.7 Å². The fourth-order valence-corrected chi connectivity index (χ4v) is 5.34. The molecule has 0 atom stereocenters. The quantitative estimate of drug-likeness (QED) is 0.427. The molecule has 1 saturated carbocycles. The molecule has 1 aliphatic rings. The van der Waals surface area contributed by atoms with Gasteiger partial charge in [0.15, 0.2) is 0 Å². The van der Waals surface area contributed by atoms with Gasteiger partial charge in [-0.25, -0.2) is 0 Å². The van der Waals surface area contributed by atoms with Crippen molar-refractivity contribution in [3.8, 4) is 0 Å². The standard InChI is InChI=1S/C16H24Br2N2OS/c17-12-8-11(16(19)15(18)9-12)10-20-13-2-4-14(5-3-13)22-7-1-6-21/h8-9,13-14,20-21H,1-7,10,19H2/t13-,14-. The second kappa shape index (κ2) is 9.52. The first-order chi connectivity index (χ1) is 10.6. The second-order valence-electron chi connectivity index (χ2n) is 5.76. The van der Waals surface area contributed by atoms with Crippen LogP contribution in [0.4, 0.5) is 5.69 Å². The molecule has 124 valence electrons. The number of thioether (sulfide) groups is 1. The van der Waals surface area contributed by atoms with Gasteiger partial charge in [0.25, 0.3) is 0 Å². The normalized spacial score (nSPS) is 22.0. The van der Waals surface area contributed by atoms with E-state index in [0.717, 1.165) is 44.2 Å². The summed E-state index contributed by atoms with van der Waals surface area (Å²) in [6.45, 7) is 1.13. The first-order valence-electron chi connectivity index (χ1n) is 7.79. The highest BCUT2D eigenvalue weighted by molar-refractivity contribution is 9.11. The smallest absolute Gasteiger partial charge is 0.0504 e. The monoisotopic (exact) mass is 450 g/mol. The van der Waals surface area contributed by atoms with Gasteiger partial charge in [0, 0.05) is 33.4 Å². The van der Waals surface area contributed by atoms with Crippen molar-refractivity contribution in [2.75, 3.05) is 18.1 Å². The van der Waals surface area contributed by atoms with Crippen LogP contribution in [0.2, 0.25) is 0 Å². The number of rotatable bonds is 7. The number of benzene rings is 1. The third kappa shape index (κ3) is 5.71. The van der Waals surface area contributed by atoms with Crippen molar-refractivity contribution in [1.82, 2.24) is 5.32 Å². The van der Waals surface area contributed by atoms with Gasteiger partial charge in [0.1, 0.15) is 0 Å². The van der Waals surface area contributed by atoms with Crippen molar-refractivity contribution in [1.29, 1.82) is 0 Å². The number of anilines is 1. The van der Waals surface area contributed by atoms with E-state index in [9.17, 15) is 0 Å². The van der Waals surface area contributed by atoms with Gasteiger partial charge >= 0.3 is 0 Å². The molecule has 2 rings (SSSR count). The maximum atomic E-state index is 8.84. The van der Waals surface area contributed by atoms with Crippen molar-refractivity contribution in [3.63, 3.8) is 0 Å². The van der Waals surface area contributed by atoms with Crippen molar-refractivity contribution in [2.45, 2.75) is 49.9 Å². The van der Waals surface area contributed by atoms with Crippen LogP contribution in [-0.2, 0) is 6.54 Å². The molecule has 4 N–H and O–H groups in total. The van der Waals surface area contributed by atoms with Gasteiger partial charge in [-0.15, -0.1) is 0 Å². The zero-order valence-electron chi connectivity index (χ0n) is 12.7. The van der Waals surface area contributed by atoms with Crippen molar-refractivity contribution in [3.05, 3.63) is 26.6 Å². The Labute approximate surface area is 154 Å². The molecule has 0 saturated heterocycles. The molecule has 0 heterocycles. The molecule has 0 radical (unpaired) electrons. The number of halogens is 2. The van der Waals surface area contributed by atoms with E-state index in [2.05, 4.69) is 43.2 Å². The van der Waals surface area contributed by atoms with Gasteiger partial charge in [-0.1, -0.05) is 15.9 Å². The minimum atomic E-state index is 0.313. The minimum Gasteiger partial charge on any atom is -0.398 e. The summed E-state index contributed by atoms with van der Waals surface area (Å²) in [5.41, 5.74) is 8.09. The average molecular weight is 452 g/mol. The van der Waals surface area contributed by atoms with Crippen LogP contribution in [0.5, 0.6) is 0 Å². The maximum Gasteiger partial charge on any atom is 0.0504 e. The van der Waals surface area contributed by atoms with E-state index in [-0.39, 0.29) is 0 Å². The fraction of sp³-hybridized carbons (Fsp3) is 0.625. The Bertz CT molecular complexity index is 479. The first-order valence-corrected chi connectivity index (χ1v) is 10.4. The topological polar surface area (TPSA) is 58.3 Å². The third-order valence-corrected chi connectivity index (χ3v) is 6.67. The fourth-order valence-electron chi connectivity index (χ4n) is 2.79. The molecule has 1 aliphatic carbocycles. The zero-order valence-corrected chi connectivity index (χ0v) is 16.6. The number of nitrogen functional groups attached to an aromatic ring is 1. The van der Waals surface area contributed by atoms with Gasteiger partial charge in [-0.2, -0.15) is 11.8 Å². The van der Waals surface area contributed by atoms with Crippen molar-refractivity contribution in [2.24, 2.45) is 0 Å². The van der Waals surface area contributed by atoms with Crippen LogP contribution in [-0.4, -0.2) is 28.8 Å². The number of hydrogen-bond donors (Lipinski definition) is 3. The summed E-state index contributed by atoms with van der Waals surface area (Å²) in [6.07, 6.45) is 5.91. The molecule has 1 aromatic rings. The van der Waals surface area contributed by atoms with E-state index in [1.54, 1.807) is 0 Å². The first kappa shape index (κ1) is 18.6. The van der Waals surface area contributed by atoms with Crippen LogP contribution < -0.4 is 11.1 Å². The number of aliphatic hydroxyl groups is 1. The number of hydrogen-bond acceptors (Lipinski definition) is 4. The zero-order chi connectivity index (χ0) is 15.9. The Morgan fingerprint density at radius 2 is 1.95 bits per heavy atom. The Morgan fingerprint density at radius 1 is 1.23 bits per heavy atom. The lowest BCUT2D eigenvalue weighted by atomic mass is 9.95. The molecule has 6 heteroatoms. The van der Waals surface area contributed by atoms with Gasteiger partial charge in [0.2, 0.25) is 0 Å². The molecule has 0 aromatic heterocycles. The van der Waals surface area contributed by atoms with Gasteiger partial charge in [0.05, 0.1) is 5.69 Å². The molecule has 0 spiro atoms. The number of aliphatic hydroxyl groups excluding tert-OH is 1. The Morgan fingerprint density at radius 3 is 2.64 bits per heavy atom. The predicted octanol–water partition coefficient (Wildman–Crippen LogP) is 4.31. The lowest BCUT2D eigenvalue weighted by Gasteiger charge is -2.29. The lowest BCUT2D eigenvalue weighted by molar-refractivity contribution is 0.296. The highest BCUT2D eigenvalue weighted by atomic mass is 79.9. The largest absolute Gasteiger partial charge is 0.398 e. The van der Waals surface area contributed by atoms with Gasteiger partial charge in [-0.05, 0) is 71.5 Å². The Kier molecular flexibility index (Phi) is 8.05. The molecule has 0 unspecified atom stereocenters. The molecular formula is C16H24Br2N2OS. The molecule has 22 heavy (non-hydrogen) atoms. The van der Waals surface area contributed by atoms with Crippen LogP contribution in [0.25, 0.3) is 0 Å². The summed E-state index contributed by atoms with van der Waals surface area (Å²) in [5, 5.41) is 13.3. The van der Waals surface area contributed by atoms with Crippen molar-refractivity contribution < 1.29 is 5.11 Å². The summed E-state index contributed by atoms with van der Waals surface area (Å²) in [5.74, 6) is 1.09. The van der Waals surface area contributed by atoms with E-state index in [0.29, 0.717) is 12.6 Å². The SMILES string of the molecule is Nc1c(Br)cc(Br)cc1CN[C@H]1CC[C@H](SCCCO)CC1. The summed E-state index contributed by atoms with van der Waals surface area (Å²) < 4.78 is 2.00. The van der Waals surface area contributed by atoms with Crippen molar-refractivity contribution >= 4 is 49.3 Å². The lowest BCUT2D eigenvalue weighted by Crippen LogP contribution is -2.33. The second-order valence-corrected chi connectivity index (χ2v) is 8.94. The molecule has 3 nitrogen and oxygen atoms in total. The predicted molar refractivity (Wildman–Crippen MR) is 103 cm³/mol. The number of nitrogens with two attached hydrogens (primary N) is 1. The van der Waals surface area contributed by atoms with E-state index < -0.39 is 0 Å². The molecular weight excluding hydrogens is 428 g/mol. The van der Waals surface area contributed by atoms with Gasteiger partial charge in [-0.3, -0.25) is 0 Å². The minimum absolute atomic E-state index is 0.313. The Balaban J connectivity index is 1.75. The highest BCUT2D eigenvalue weighted by Crippen LogP contribution is 2.31. The summed E-state index contributed by atoms with van der Waals surface area (Å²) >= 11 is 9.04. The van der Waals surface area contributed by atoms with Crippen LogP contribution in [0.3, 0.4) is 0 Å². The average Bonchev–Trinajstić information content (AvgIpc) is 2.51. The third-order valence-electron chi connectivity index (χ3n) is 4.09. The van der Waals surface area contributed by atoms with Crippen LogP contribution >= 0.6 is 43.6 Å². The maximum absolute atomic E-state index is 8.84. The Hall–Kier alpha value is 0.250. The van der Waals surface area contributed by atoms with Crippen LogP contribution in [0, 0.1) is 0 Å². The summed E-state index contributed by atoms with van der Waals surface area (Å²) in [7, 11) is 0. The summed E-state index contributed by atoms with van der Waals surface area (Å²) in [4.78, 5) is 0. The number of nitrogens with one attached hydrogen (secondary N) is 1. The molecule has 1 aromatic carbocycles. The molecule has 1 fully saturated rings.